The molecule has 0 spiro atoms. The van der Waals surface area contributed by atoms with Crippen molar-refractivity contribution < 1.29 is 0 Å². The van der Waals surface area contributed by atoms with E-state index in [0.717, 1.165) is 41.4 Å². The zero-order valence-electron chi connectivity index (χ0n) is 12.1. The Kier molecular flexibility index (Phi) is 4.67. The van der Waals surface area contributed by atoms with E-state index in [1.807, 2.05) is 30.5 Å². The summed E-state index contributed by atoms with van der Waals surface area (Å²) in [4.78, 5) is 7.64. The maximum Gasteiger partial charge on any atom is 0.0666 e. The van der Waals surface area contributed by atoms with Crippen LogP contribution in [-0.2, 0) is 6.42 Å². The van der Waals surface area contributed by atoms with Crippen LogP contribution in [0, 0.1) is 0 Å². The first-order valence-corrected chi connectivity index (χ1v) is 8.07. The van der Waals surface area contributed by atoms with Crippen LogP contribution in [0.2, 0.25) is 10.0 Å². The molecule has 0 saturated heterocycles. The van der Waals surface area contributed by atoms with Crippen molar-refractivity contribution in [1.29, 1.82) is 0 Å². The summed E-state index contributed by atoms with van der Waals surface area (Å²) < 4.78 is 0. The highest BCUT2D eigenvalue weighted by molar-refractivity contribution is 6.40. The molecule has 0 unspecified atom stereocenters. The maximum atomic E-state index is 6.43. The van der Waals surface area contributed by atoms with Crippen LogP contribution in [0.4, 0.5) is 0 Å². The molecule has 0 aliphatic heterocycles. The molecule has 1 aromatic carbocycles. The second kappa shape index (κ2) is 6.69. The van der Waals surface area contributed by atoms with Crippen molar-refractivity contribution in [3.05, 3.63) is 52.3 Å². The number of nitrogens with two attached hydrogens (primary N) is 1. The number of aromatic amines is 1. The Bertz CT molecular complexity index is 781. The lowest BCUT2D eigenvalue weighted by atomic mass is 10.0. The van der Waals surface area contributed by atoms with E-state index in [9.17, 15) is 0 Å². The predicted molar refractivity (Wildman–Crippen MR) is 93.5 cm³/mol. The van der Waals surface area contributed by atoms with Crippen LogP contribution in [0.1, 0.15) is 18.4 Å². The summed E-state index contributed by atoms with van der Waals surface area (Å²) in [6.45, 7) is 0.694. The van der Waals surface area contributed by atoms with Crippen LogP contribution < -0.4 is 5.73 Å². The third-order valence-corrected chi connectivity index (χ3v) is 4.42. The predicted octanol–water partition coefficient (Wildman–Crippen LogP) is 4.82. The van der Waals surface area contributed by atoms with Crippen molar-refractivity contribution in [3.63, 3.8) is 0 Å². The van der Waals surface area contributed by atoms with Gasteiger partial charge in [-0.05, 0) is 55.6 Å². The molecule has 3 rings (SSSR count). The first-order chi connectivity index (χ1) is 10.7. The van der Waals surface area contributed by atoms with Gasteiger partial charge in [0.1, 0.15) is 0 Å². The number of unbranched alkanes of at least 4 members (excludes halogenated alkanes) is 1. The first-order valence-electron chi connectivity index (χ1n) is 7.31. The van der Waals surface area contributed by atoms with E-state index in [2.05, 4.69) is 9.97 Å². The number of aromatic nitrogens is 2. The molecule has 0 aliphatic carbocycles. The molecule has 0 aliphatic rings. The molecule has 2 heterocycles. The molecular formula is C17H17Cl2N3. The van der Waals surface area contributed by atoms with Crippen LogP contribution in [0.25, 0.3) is 22.2 Å². The summed E-state index contributed by atoms with van der Waals surface area (Å²) in [7, 11) is 0. The van der Waals surface area contributed by atoms with Crippen LogP contribution in [0.15, 0.2) is 36.7 Å². The fourth-order valence-electron chi connectivity index (χ4n) is 2.75. The molecule has 3 nitrogen and oxygen atoms in total. The van der Waals surface area contributed by atoms with E-state index < -0.39 is 0 Å². The first kappa shape index (κ1) is 15.3. The van der Waals surface area contributed by atoms with Gasteiger partial charge in [0.2, 0.25) is 0 Å². The van der Waals surface area contributed by atoms with Crippen molar-refractivity contribution >= 4 is 34.1 Å². The van der Waals surface area contributed by atoms with Gasteiger partial charge in [-0.2, -0.15) is 0 Å². The third kappa shape index (κ3) is 2.84. The lowest BCUT2D eigenvalue weighted by molar-refractivity contribution is 0.748. The highest BCUT2D eigenvalue weighted by Crippen LogP contribution is 2.38. The quantitative estimate of drug-likeness (QED) is 0.657. The van der Waals surface area contributed by atoms with Gasteiger partial charge in [-0.15, -0.1) is 0 Å². The van der Waals surface area contributed by atoms with Gasteiger partial charge in [0.05, 0.1) is 21.3 Å². The second-order valence-corrected chi connectivity index (χ2v) is 6.06. The Morgan fingerprint density at radius 1 is 1.09 bits per heavy atom. The Balaban J connectivity index is 2.19. The molecule has 0 radical (unpaired) electrons. The Morgan fingerprint density at radius 2 is 1.91 bits per heavy atom. The van der Waals surface area contributed by atoms with Crippen molar-refractivity contribution in [2.24, 2.45) is 5.73 Å². The monoisotopic (exact) mass is 333 g/mol. The van der Waals surface area contributed by atoms with Crippen molar-refractivity contribution in [1.82, 2.24) is 9.97 Å². The summed E-state index contributed by atoms with van der Waals surface area (Å²) in [5, 5.41) is 2.40. The molecule has 0 atom stereocenters. The summed E-state index contributed by atoms with van der Waals surface area (Å²) in [6, 6.07) is 7.62. The molecule has 22 heavy (non-hydrogen) atoms. The number of rotatable bonds is 5. The van der Waals surface area contributed by atoms with Gasteiger partial charge in [0, 0.05) is 23.3 Å². The van der Waals surface area contributed by atoms with Gasteiger partial charge < -0.3 is 10.7 Å². The van der Waals surface area contributed by atoms with E-state index in [-0.39, 0.29) is 0 Å². The van der Waals surface area contributed by atoms with E-state index in [1.165, 1.54) is 5.56 Å². The standard InChI is InChI=1S/C17H17Cl2N3/c18-13-6-7-14(19)17-15(13)12(5-1-2-8-20)16(22-17)11-4-3-9-21-10-11/h3-4,6-7,9-10,22H,1-2,5,8,20H2. The van der Waals surface area contributed by atoms with E-state index >= 15 is 0 Å². The Labute approximate surface area is 139 Å². The van der Waals surface area contributed by atoms with Gasteiger partial charge in [-0.25, -0.2) is 0 Å². The highest BCUT2D eigenvalue weighted by atomic mass is 35.5. The molecule has 3 aromatic rings. The molecule has 5 heteroatoms. The van der Waals surface area contributed by atoms with Gasteiger partial charge in [-0.3, -0.25) is 4.98 Å². The van der Waals surface area contributed by atoms with Crippen molar-refractivity contribution in [3.8, 4) is 11.3 Å². The van der Waals surface area contributed by atoms with Crippen LogP contribution >= 0.6 is 23.2 Å². The highest BCUT2D eigenvalue weighted by Gasteiger charge is 2.17. The lowest BCUT2D eigenvalue weighted by Gasteiger charge is -2.05. The minimum absolute atomic E-state index is 0.676. The third-order valence-electron chi connectivity index (χ3n) is 3.79. The number of hydrogen-bond donors (Lipinski definition) is 2. The van der Waals surface area contributed by atoms with E-state index in [0.29, 0.717) is 16.6 Å². The van der Waals surface area contributed by atoms with E-state index in [4.69, 9.17) is 28.9 Å². The summed E-state index contributed by atoms with van der Waals surface area (Å²) in [5.74, 6) is 0. The Hall–Kier alpha value is -1.55. The number of aryl methyl sites for hydroxylation is 1. The second-order valence-electron chi connectivity index (χ2n) is 5.25. The van der Waals surface area contributed by atoms with Crippen LogP contribution in [0.3, 0.4) is 0 Å². The summed E-state index contributed by atoms with van der Waals surface area (Å²) in [5.41, 5.74) is 9.76. The normalized spacial score (nSPS) is 11.2. The summed E-state index contributed by atoms with van der Waals surface area (Å²) in [6.07, 6.45) is 6.51. The molecule has 0 bridgehead atoms. The van der Waals surface area contributed by atoms with Crippen LogP contribution in [-0.4, -0.2) is 16.5 Å². The average Bonchev–Trinajstić information content (AvgIpc) is 2.93. The number of benzene rings is 1. The molecule has 0 amide bonds. The number of nitrogens with one attached hydrogen (secondary N) is 1. The Morgan fingerprint density at radius 3 is 2.64 bits per heavy atom. The minimum atomic E-state index is 0.676. The fraction of sp³-hybridized carbons (Fsp3) is 0.235. The molecule has 114 valence electrons. The van der Waals surface area contributed by atoms with Gasteiger partial charge in [0.25, 0.3) is 0 Å². The number of halogens is 2. The lowest BCUT2D eigenvalue weighted by Crippen LogP contribution is -1.99. The molecule has 0 saturated carbocycles. The van der Waals surface area contributed by atoms with Crippen LogP contribution in [0.5, 0.6) is 0 Å². The maximum absolute atomic E-state index is 6.43. The van der Waals surface area contributed by atoms with Gasteiger partial charge in [-0.1, -0.05) is 23.2 Å². The van der Waals surface area contributed by atoms with E-state index in [1.54, 1.807) is 6.20 Å². The number of nitrogens with zero attached hydrogens (tertiary/aromatic N) is 1. The van der Waals surface area contributed by atoms with Gasteiger partial charge >= 0.3 is 0 Å². The largest absolute Gasteiger partial charge is 0.353 e. The molecule has 2 aromatic heterocycles. The fourth-order valence-corrected chi connectivity index (χ4v) is 3.22. The number of hydrogen-bond acceptors (Lipinski definition) is 2. The van der Waals surface area contributed by atoms with Gasteiger partial charge in [0.15, 0.2) is 0 Å². The van der Waals surface area contributed by atoms with Crippen molar-refractivity contribution in [2.45, 2.75) is 19.3 Å². The molecule has 0 fully saturated rings. The zero-order valence-corrected chi connectivity index (χ0v) is 13.6. The average molecular weight is 334 g/mol. The minimum Gasteiger partial charge on any atom is -0.353 e. The number of H-pyrrole nitrogens is 1. The summed E-state index contributed by atoms with van der Waals surface area (Å²) >= 11 is 12.8. The smallest absolute Gasteiger partial charge is 0.0666 e. The van der Waals surface area contributed by atoms with Crippen molar-refractivity contribution in [2.75, 3.05) is 6.54 Å². The number of fused-ring (bicyclic) bond motifs is 1. The number of pyridine rings is 1. The molecular weight excluding hydrogens is 317 g/mol. The topological polar surface area (TPSA) is 54.7 Å². The zero-order chi connectivity index (χ0) is 15.5. The SMILES string of the molecule is NCCCCc1c(-c2cccnc2)[nH]c2c(Cl)ccc(Cl)c12. The molecule has 3 N–H and O–H groups in total.